The van der Waals surface area contributed by atoms with Gasteiger partial charge in [0.25, 0.3) is 5.91 Å². The first-order valence-electron chi connectivity index (χ1n) is 9.23. The number of ether oxygens (including phenoxy) is 1. The Morgan fingerprint density at radius 3 is 2.40 bits per heavy atom. The Morgan fingerprint density at radius 2 is 1.77 bits per heavy atom. The van der Waals surface area contributed by atoms with Gasteiger partial charge in [-0.1, -0.05) is 18.2 Å². The van der Waals surface area contributed by atoms with Crippen LogP contribution in [-0.4, -0.2) is 36.8 Å². The third kappa shape index (κ3) is 5.05. The Kier molecular flexibility index (Phi) is 5.95. The van der Waals surface area contributed by atoms with Crippen molar-refractivity contribution in [2.75, 3.05) is 12.4 Å². The van der Waals surface area contributed by atoms with Crippen molar-refractivity contribution in [3.63, 3.8) is 0 Å². The number of anilines is 1. The lowest BCUT2D eigenvalue weighted by Crippen LogP contribution is -2.40. The fourth-order valence-electron chi connectivity index (χ4n) is 2.79. The molecule has 0 aliphatic carbocycles. The predicted octanol–water partition coefficient (Wildman–Crippen LogP) is 3.21. The van der Waals surface area contributed by atoms with Gasteiger partial charge in [-0.05, 0) is 51.1 Å². The molecule has 2 N–H and O–H groups in total. The van der Waals surface area contributed by atoms with Gasteiger partial charge < -0.3 is 10.1 Å². The van der Waals surface area contributed by atoms with Gasteiger partial charge in [-0.2, -0.15) is 5.10 Å². The van der Waals surface area contributed by atoms with E-state index in [0.717, 1.165) is 5.69 Å². The van der Waals surface area contributed by atoms with Crippen LogP contribution in [0.25, 0.3) is 5.69 Å². The zero-order chi connectivity index (χ0) is 21.9. The highest BCUT2D eigenvalue weighted by atomic mass is 32.2. The summed E-state index contributed by atoms with van der Waals surface area (Å²) in [7, 11) is -2.52. The smallest absolute Gasteiger partial charge is 0.256 e. The van der Waals surface area contributed by atoms with Crippen molar-refractivity contribution in [3.8, 4) is 11.4 Å². The highest BCUT2D eigenvalue weighted by Crippen LogP contribution is 2.26. The first-order chi connectivity index (χ1) is 14.1. The zero-order valence-corrected chi connectivity index (χ0v) is 18.0. The standard InChI is InChI=1S/C21H24N4O4S/c1-21(2,3)24-30(27,28)18-14-15(10-11-17(18)29-4)20(26)22-19-12-13-25(23-19)16-8-6-5-7-9-16/h5-14,24H,1-4H3,(H,22,23,26). The second kappa shape index (κ2) is 8.29. The van der Waals surface area contributed by atoms with Crippen LogP contribution in [0.1, 0.15) is 31.1 Å². The SMILES string of the molecule is COc1ccc(C(=O)Nc2ccn(-c3ccccc3)n2)cc1S(=O)(=O)NC(C)(C)C. The first kappa shape index (κ1) is 21.5. The molecule has 1 heterocycles. The summed E-state index contributed by atoms with van der Waals surface area (Å²) in [4.78, 5) is 12.6. The van der Waals surface area contributed by atoms with Gasteiger partial charge in [0.1, 0.15) is 10.6 Å². The Morgan fingerprint density at radius 1 is 1.07 bits per heavy atom. The average molecular weight is 429 g/mol. The Balaban J connectivity index is 1.86. The monoisotopic (exact) mass is 428 g/mol. The maximum atomic E-state index is 12.8. The van der Waals surface area contributed by atoms with Crippen LogP contribution < -0.4 is 14.8 Å². The number of carbonyl (C=O) groups is 1. The summed E-state index contributed by atoms with van der Waals surface area (Å²) in [6.07, 6.45) is 1.72. The summed E-state index contributed by atoms with van der Waals surface area (Å²) in [5.74, 6) is 0.0109. The largest absolute Gasteiger partial charge is 0.495 e. The van der Waals surface area contributed by atoms with E-state index in [4.69, 9.17) is 4.74 Å². The quantitative estimate of drug-likeness (QED) is 0.628. The molecule has 1 aromatic heterocycles. The van der Waals surface area contributed by atoms with Crippen molar-refractivity contribution in [1.29, 1.82) is 0 Å². The molecule has 0 radical (unpaired) electrons. The summed E-state index contributed by atoms with van der Waals surface area (Å²) < 4.78 is 35.0. The first-order valence-corrected chi connectivity index (χ1v) is 10.7. The number of rotatable bonds is 6. The minimum atomic E-state index is -3.90. The molecule has 0 atom stereocenters. The van der Waals surface area contributed by atoms with E-state index >= 15 is 0 Å². The summed E-state index contributed by atoms with van der Waals surface area (Å²) in [5.41, 5.74) is 0.329. The van der Waals surface area contributed by atoms with Crippen LogP contribution in [-0.2, 0) is 10.0 Å². The minimum Gasteiger partial charge on any atom is -0.495 e. The van der Waals surface area contributed by atoms with E-state index in [1.54, 1.807) is 37.7 Å². The van der Waals surface area contributed by atoms with E-state index in [1.165, 1.54) is 25.3 Å². The third-order valence-corrected chi connectivity index (χ3v) is 5.79. The van der Waals surface area contributed by atoms with Gasteiger partial charge in [0, 0.05) is 23.4 Å². The highest BCUT2D eigenvalue weighted by molar-refractivity contribution is 7.89. The molecule has 0 fully saturated rings. The number of aromatic nitrogens is 2. The average Bonchev–Trinajstić information content (AvgIpc) is 3.15. The van der Waals surface area contributed by atoms with E-state index in [1.807, 2.05) is 30.3 Å². The number of para-hydroxylation sites is 1. The molecule has 1 amide bonds. The number of hydrogen-bond donors (Lipinski definition) is 2. The Labute approximate surface area is 175 Å². The minimum absolute atomic E-state index is 0.109. The van der Waals surface area contributed by atoms with Crippen molar-refractivity contribution in [3.05, 3.63) is 66.4 Å². The topological polar surface area (TPSA) is 102 Å². The maximum absolute atomic E-state index is 12.8. The van der Waals surface area contributed by atoms with E-state index < -0.39 is 21.5 Å². The van der Waals surface area contributed by atoms with Crippen molar-refractivity contribution in [2.24, 2.45) is 0 Å². The number of carbonyl (C=O) groups excluding carboxylic acids is 1. The summed E-state index contributed by atoms with van der Waals surface area (Å²) in [6.45, 7) is 5.20. The molecular weight excluding hydrogens is 404 g/mol. The molecule has 9 heteroatoms. The van der Waals surface area contributed by atoms with Gasteiger partial charge in [-0.25, -0.2) is 17.8 Å². The van der Waals surface area contributed by atoms with Gasteiger partial charge in [0.2, 0.25) is 10.0 Å². The molecule has 0 spiro atoms. The number of nitrogens with zero attached hydrogens (tertiary/aromatic N) is 2. The molecule has 0 aliphatic heterocycles. The van der Waals surface area contributed by atoms with Gasteiger partial charge >= 0.3 is 0 Å². The number of sulfonamides is 1. The molecule has 2 aromatic carbocycles. The van der Waals surface area contributed by atoms with Gasteiger partial charge in [-0.3, -0.25) is 4.79 Å². The van der Waals surface area contributed by atoms with E-state index in [2.05, 4.69) is 15.1 Å². The number of amides is 1. The van der Waals surface area contributed by atoms with E-state index in [0.29, 0.717) is 5.82 Å². The van der Waals surface area contributed by atoms with E-state index in [-0.39, 0.29) is 16.2 Å². The summed E-state index contributed by atoms with van der Waals surface area (Å²) in [6, 6.07) is 15.4. The molecular formula is C21H24N4O4S. The number of hydrogen-bond acceptors (Lipinski definition) is 5. The lowest BCUT2D eigenvalue weighted by molar-refractivity contribution is 0.102. The van der Waals surface area contributed by atoms with E-state index in [9.17, 15) is 13.2 Å². The van der Waals surface area contributed by atoms with Crippen LogP contribution >= 0.6 is 0 Å². The molecule has 0 saturated carbocycles. The van der Waals surface area contributed by atoms with Crippen molar-refractivity contribution in [2.45, 2.75) is 31.2 Å². The maximum Gasteiger partial charge on any atom is 0.256 e. The Hall–Kier alpha value is -3.17. The van der Waals surface area contributed by atoms with Crippen molar-refractivity contribution < 1.29 is 17.9 Å². The number of benzene rings is 2. The lowest BCUT2D eigenvalue weighted by Gasteiger charge is -2.21. The van der Waals surface area contributed by atoms with Gasteiger partial charge in [-0.15, -0.1) is 0 Å². The summed E-state index contributed by atoms with van der Waals surface area (Å²) >= 11 is 0. The zero-order valence-electron chi connectivity index (χ0n) is 17.2. The number of methoxy groups -OCH3 is 1. The van der Waals surface area contributed by atoms with Gasteiger partial charge in [0.15, 0.2) is 5.82 Å². The lowest BCUT2D eigenvalue weighted by atomic mass is 10.1. The number of nitrogens with one attached hydrogen (secondary N) is 2. The molecule has 0 saturated heterocycles. The molecule has 8 nitrogen and oxygen atoms in total. The van der Waals surface area contributed by atoms with Crippen LogP contribution in [0.4, 0.5) is 5.82 Å². The van der Waals surface area contributed by atoms with Crippen LogP contribution in [0.15, 0.2) is 65.7 Å². The fourth-order valence-corrected chi connectivity index (χ4v) is 4.40. The van der Waals surface area contributed by atoms with Crippen LogP contribution in [0.3, 0.4) is 0 Å². The molecule has 0 unspecified atom stereocenters. The van der Waals surface area contributed by atoms with Crippen LogP contribution in [0.2, 0.25) is 0 Å². The third-order valence-electron chi connectivity index (χ3n) is 4.01. The molecule has 0 aliphatic rings. The highest BCUT2D eigenvalue weighted by Gasteiger charge is 2.26. The fraction of sp³-hybridized carbons (Fsp3) is 0.238. The van der Waals surface area contributed by atoms with Crippen LogP contribution in [0.5, 0.6) is 5.75 Å². The Bertz CT molecular complexity index is 1150. The predicted molar refractivity (Wildman–Crippen MR) is 115 cm³/mol. The second-order valence-electron chi connectivity index (χ2n) is 7.66. The summed E-state index contributed by atoms with van der Waals surface area (Å²) in [5, 5.41) is 7.01. The van der Waals surface area contributed by atoms with Gasteiger partial charge in [0.05, 0.1) is 12.8 Å². The molecule has 3 rings (SSSR count). The second-order valence-corrected chi connectivity index (χ2v) is 9.31. The normalized spacial score (nSPS) is 11.9. The molecule has 158 valence electrons. The molecule has 30 heavy (non-hydrogen) atoms. The van der Waals surface area contributed by atoms with Crippen LogP contribution in [0, 0.1) is 0 Å². The van der Waals surface area contributed by atoms with Crippen molar-refractivity contribution in [1.82, 2.24) is 14.5 Å². The molecule has 3 aromatic rings. The van der Waals surface area contributed by atoms with Crippen molar-refractivity contribution >= 4 is 21.7 Å². The molecule has 0 bridgehead atoms.